The molecular formula is C25H22ClN3O5S. The van der Waals surface area contributed by atoms with Crippen molar-refractivity contribution in [1.29, 1.82) is 0 Å². The first-order chi connectivity index (χ1) is 16.8. The molecule has 1 aliphatic heterocycles. The third-order valence-electron chi connectivity index (χ3n) is 5.39. The zero-order chi connectivity index (χ0) is 25.0. The highest BCUT2D eigenvalue weighted by molar-refractivity contribution is 7.90. The van der Waals surface area contributed by atoms with Crippen LogP contribution in [0.2, 0.25) is 5.02 Å². The minimum atomic E-state index is -4.20. The van der Waals surface area contributed by atoms with Crippen LogP contribution >= 0.6 is 11.6 Å². The van der Waals surface area contributed by atoms with E-state index < -0.39 is 22.0 Å². The first-order valence-electron chi connectivity index (χ1n) is 10.8. The highest BCUT2D eigenvalue weighted by Gasteiger charge is 2.34. The van der Waals surface area contributed by atoms with Crippen molar-refractivity contribution >= 4 is 39.3 Å². The van der Waals surface area contributed by atoms with Crippen LogP contribution in [0.3, 0.4) is 0 Å². The Morgan fingerprint density at radius 3 is 2.31 bits per heavy atom. The fraction of sp³-hybridized carbons (Fsp3) is 0.160. The van der Waals surface area contributed by atoms with Gasteiger partial charge in [-0.15, -0.1) is 0 Å². The van der Waals surface area contributed by atoms with Gasteiger partial charge >= 0.3 is 12.0 Å². The summed E-state index contributed by atoms with van der Waals surface area (Å²) in [6.45, 7) is 2.03. The van der Waals surface area contributed by atoms with Gasteiger partial charge in [0.2, 0.25) is 0 Å². The molecule has 1 unspecified atom stereocenters. The second-order valence-electron chi connectivity index (χ2n) is 7.69. The minimum Gasteiger partial charge on any atom is -0.462 e. The van der Waals surface area contributed by atoms with Gasteiger partial charge in [-0.05, 0) is 54.4 Å². The highest BCUT2D eigenvalue weighted by Crippen LogP contribution is 2.29. The Bertz CT molecular complexity index is 1360. The molecule has 0 fully saturated rings. The molecule has 8 nitrogen and oxygen atoms in total. The van der Waals surface area contributed by atoms with Crippen LogP contribution in [0.4, 0.5) is 4.79 Å². The van der Waals surface area contributed by atoms with Crippen molar-refractivity contribution in [1.82, 2.24) is 9.73 Å². The summed E-state index contributed by atoms with van der Waals surface area (Å²) in [5.74, 6) is -0.816. The van der Waals surface area contributed by atoms with E-state index in [0.717, 1.165) is 16.1 Å². The standard InChI is InChI=1S/C25H22ClN3O5S/c1-2-34-24(30)19-10-14-21(15-11-19)35(32,33)28-25(31)29-16-22(17-6-4-3-5-7-17)23(27-29)18-8-12-20(26)13-9-18/h3-15,22H,2,16H2,1H3,(H,28,31). The van der Waals surface area contributed by atoms with Gasteiger partial charge < -0.3 is 4.74 Å². The molecular weight excluding hydrogens is 490 g/mol. The summed E-state index contributed by atoms with van der Waals surface area (Å²) in [7, 11) is -4.20. The molecule has 0 aromatic heterocycles. The van der Waals surface area contributed by atoms with Crippen LogP contribution in [0, 0.1) is 0 Å². The molecule has 0 aliphatic carbocycles. The van der Waals surface area contributed by atoms with Gasteiger partial charge in [0.25, 0.3) is 10.0 Å². The lowest BCUT2D eigenvalue weighted by atomic mass is 9.91. The van der Waals surface area contributed by atoms with Crippen LogP contribution in [0.5, 0.6) is 0 Å². The molecule has 0 saturated carbocycles. The first kappa shape index (κ1) is 24.4. The van der Waals surface area contributed by atoms with E-state index in [4.69, 9.17) is 16.3 Å². The molecule has 1 aliphatic rings. The Kier molecular flexibility index (Phi) is 7.18. The fourth-order valence-electron chi connectivity index (χ4n) is 3.67. The predicted octanol–water partition coefficient (Wildman–Crippen LogP) is 4.42. The van der Waals surface area contributed by atoms with Crippen molar-refractivity contribution < 1.29 is 22.7 Å². The number of hydrazone groups is 1. The number of nitrogens with zero attached hydrogens (tertiary/aromatic N) is 2. The number of amides is 2. The molecule has 1 heterocycles. The lowest BCUT2D eigenvalue weighted by Gasteiger charge is -2.16. The normalized spacial score (nSPS) is 15.4. The number of nitrogens with one attached hydrogen (secondary N) is 1. The maximum atomic E-state index is 12.9. The summed E-state index contributed by atoms with van der Waals surface area (Å²) in [5.41, 5.74) is 2.55. The molecule has 1 atom stereocenters. The molecule has 180 valence electrons. The number of benzene rings is 3. The number of sulfonamides is 1. The number of rotatable bonds is 6. The van der Waals surface area contributed by atoms with Gasteiger partial charge in [0.15, 0.2) is 0 Å². The lowest BCUT2D eigenvalue weighted by Crippen LogP contribution is -2.39. The molecule has 0 bridgehead atoms. The molecule has 0 saturated heterocycles. The van der Waals surface area contributed by atoms with Gasteiger partial charge in [0.05, 0.1) is 29.3 Å². The largest absolute Gasteiger partial charge is 0.462 e. The smallest absolute Gasteiger partial charge is 0.351 e. The van der Waals surface area contributed by atoms with E-state index in [1.165, 1.54) is 24.3 Å². The van der Waals surface area contributed by atoms with Gasteiger partial charge in [-0.25, -0.2) is 27.7 Å². The average Bonchev–Trinajstić information content (AvgIpc) is 3.31. The number of esters is 1. The van der Waals surface area contributed by atoms with Gasteiger partial charge in [-0.3, -0.25) is 0 Å². The number of hydrogen-bond donors (Lipinski definition) is 1. The van der Waals surface area contributed by atoms with Crippen LogP contribution in [0.1, 0.15) is 34.3 Å². The third kappa shape index (κ3) is 5.52. The molecule has 10 heteroatoms. The van der Waals surface area contributed by atoms with Crippen molar-refractivity contribution in [3.8, 4) is 0 Å². The van der Waals surface area contributed by atoms with E-state index >= 15 is 0 Å². The third-order valence-corrected chi connectivity index (χ3v) is 6.98. The van der Waals surface area contributed by atoms with E-state index in [2.05, 4.69) is 9.82 Å². The van der Waals surface area contributed by atoms with Gasteiger partial charge in [0.1, 0.15) is 0 Å². The number of carbonyl (C=O) groups is 2. The molecule has 0 radical (unpaired) electrons. The quantitative estimate of drug-likeness (QED) is 0.493. The summed E-state index contributed by atoms with van der Waals surface area (Å²) in [6, 6.07) is 20.9. The second-order valence-corrected chi connectivity index (χ2v) is 9.81. The number of ether oxygens (including phenoxy) is 1. The average molecular weight is 512 g/mol. The highest BCUT2D eigenvalue weighted by atomic mass is 35.5. The number of halogens is 1. The van der Waals surface area contributed by atoms with Crippen molar-refractivity contribution in [3.63, 3.8) is 0 Å². The van der Waals surface area contributed by atoms with Crippen LogP contribution in [-0.2, 0) is 14.8 Å². The van der Waals surface area contributed by atoms with Crippen LogP contribution < -0.4 is 4.72 Å². The van der Waals surface area contributed by atoms with Crippen LogP contribution in [0.15, 0.2) is 88.9 Å². The van der Waals surface area contributed by atoms with E-state index in [1.807, 2.05) is 30.3 Å². The maximum Gasteiger partial charge on any atom is 0.351 e. The van der Waals surface area contributed by atoms with Gasteiger partial charge in [0, 0.05) is 10.9 Å². The second kappa shape index (κ2) is 10.3. The summed E-state index contributed by atoms with van der Waals surface area (Å²) >= 11 is 6.02. The predicted molar refractivity (Wildman–Crippen MR) is 132 cm³/mol. The Balaban J connectivity index is 1.56. The number of urea groups is 1. The summed E-state index contributed by atoms with van der Waals surface area (Å²) in [5, 5.41) is 6.12. The maximum absolute atomic E-state index is 12.9. The SMILES string of the molecule is CCOC(=O)c1ccc(S(=O)(=O)NC(=O)N2CC(c3ccccc3)C(c3ccc(Cl)cc3)=N2)cc1. The molecule has 4 rings (SSSR count). The molecule has 2 amide bonds. The van der Waals surface area contributed by atoms with Crippen molar-refractivity contribution in [2.24, 2.45) is 5.10 Å². The zero-order valence-corrected chi connectivity index (χ0v) is 20.3. The molecule has 0 spiro atoms. The van der Waals surface area contributed by atoms with Crippen molar-refractivity contribution in [3.05, 3.63) is 101 Å². The van der Waals surface area contributed by atoms with E-state index in [1.54, 1.807) is 31.2 Å². The van der Waals surface area contributed by atoms with E-state index in [0.29, 0.717) is 10.7 Å². The number of hydrogen-bond acceptors (Lipinski definition) is 6. The minimum absolute atomic E-state index is 0.158. The molecule has 3 aromatic rings. The lowest BCUT2D eigenvalue weighted by molar-refractivity contribution is 0.0526. The Morgan fingerprint density at radius 2 is 1.69 bits per heavy atom. The van der Waals surface area contributed by atoms with Crippen molar-refractivity contribution in [2.75, 3.05) is 13.2 Å². The first-order valence-corrected chi connectivity index (χ1v) is 12.7. The van der Waals surface area contributed by atoms with Crippen molar-refractivity contribution in [2.45, 2.75) is 17.7 Å². The summed E-state index contributed by atoms with van der Waals surface area (Å²) in [4.78, 5) is 24.6. The van der Waals surface area contributed by atoms with Crippen LogP contribution in [0.25, 0.3) is 0 Å². The Labute approximate surface area is 208 Å². The topological polar surface area (TPSA) is 105 Å². The molecule has 1 N–H and O–H groups in total. The zero-order valence-electron chi connectivity index (χ0n) is 18.7. The summed E-state index contributed by atoms with van der Waals surface area (Å²) in [6.07, 6.45) is 0. The van der Waals surface area contributed by atoms with Gasteiger partial charge in [-0.2, -0.15) is 5.10 Å². The van der Waals surface area contributed by atoms with E-state index in [-0.39, 0.29) is 29.5 Å². The number of carbonyl (C=O) groups excluding carboxylic acids is 2. The van der Waals surface area contributed by atoms with E-state index in [9.17, 15) is 18.0 Å². The Morgan fingerprint density at radius 1 is 1.03 bits per heavy atom. The Hall–Kier alpha value is -3.69. The monoisotopic (exact) mass is 511 g/mol. The van der Waals surface area contributed by atoms with Gasteiger partial charge in [-0.1, -0.05) is 54.1 Å². The molecule has 3 aromatic carbocycles. The fourth-order valence-corrected chi connectivity index (χ4v) is 4.74. The molecule has 35 heavy (non-hydrogen) atoms. The van der Waals surface area contributed by atoms with Crippen LogP contribution in [-0.4, -0.2) is 44.3 Å². The summed E-state index contributed by atoms with van der Waals surface area (Å²) < 4.78 is 32.6.